The quantitative estimate of drug-likeness (QED) is 0.594. The summed E-state index contributed by atoms with van der Waals surface area (Å²) in [6, 6.07) is 12.3. The number of ketones is 1. The fraction of sp³-hybridized carbons (Fsp3) is 0.158. The molecule has 0 atom stereocenters. The summed E-state index contributed by atoms with van der Waals surface area (Å²) in [6.45, 7) is 1.71. The zero-order valence-corrected chi connectivity index (χ0v) is 14.5. The molecular weight excluding hydrogens is 342 g/mol. The van der Waals surface area contributed by atoms with Crippen LogP contribution in [-0.2, 0) is 6.61 Å². The third kappa shape index (κ3) is 4.00. The number of oxazole rings is 1. The van der Waals surface area contributed by atoms with Crippen molar-refractivity contribution >= 4 is 17.4 Å². The Kier molecular flexibility index (Phi) is 5.05. The van der Waals surface area contributed by atoms with Gasteiger partial charge in [-0.1, -0.05) is 17.7 Å². The lowest BCUT2D eigenvalue weighted by Crippen LogP contribution is -2.00. The monoisotopic (exact) mass is 357 g/mol. The predicted molar refractivity (Wildman–Crippen MR) is 94.3 cm³/mol. The summed E-state index contributed by atoms with van der Waals surface area (Å²) < 4.78 is 16.5. The van der Waals surface area contributed by atoms with Crippen LogP contribution in [0.2, 0.25) is 5.02 Å². The Morgan fingerprint density at radius 1 is 1.20 bits per heavy atom. The van der Waals surface area contributed by atoms with E-state index in [1.165, 1.54) is 20.3 Å². The first-order valence-corrected chi connectivity index (χ1v) is 7.96. The topological polar surface area (TPSA) is 61.6 Å². The van der Waals surface area contributed by atoms with E-state index in [0.717, 1.165) is 5.56 Å². The molecule has 0 N–H and O–H groups in total. The first-order chi connectivity index (χ1) is 12.1. The van der Waals surface area contributed by atoms with Gasteiger partial charge >= 0.3 is 0 Å². The molecule has 5 nitrogen and oxygen atoms in total. The number of methoxy groups -OCH3 is 1. The molecule has 0 saturated heterocycles. The number of ether oxygens (including phenoxy) is 2. The molecule has 3 aromatic rings. The molecule has 128 valence electrons. The second-order valence-electron chi connectivity index (χ2n) is 5.36. The highest BCUT2D eigenvalue weighted by Crippen LogP contribution is 2.29. The van der Waals surface area contributed by atoms with Crippen LogP contribution in [0.3, 0.4) is 0 Å². The molecule has 0 aliphatic rings. The molecule has 0 bridgehead atoms. The van der Waals surface area contributed by atoms with Gasteiger partial charge in [-0.2, -0.15) is 0 Å². The van der Waals surface area contributed by atoms with Crippen molar-refractivity contribution < 1.29 is 18.7 Å². The summed E-state index contributed by atoms with van der Waals surface area (Å²) >= 11 is 5.98. The second kappa shape index (κ2) is 7.40. The number of nitrogens with zero attached hydrogens (tertiary/aromatic N) is 1. The highest BCUT2D eigenvalue weighted by molar-refractivity contribution is 6.30. The van der Waals surface area contributed by atoms with Crippen molar-refractivity contribution in [3.05, 3.63) is 65.0 Å². The van der Waals surface area contributed by atoms with Crippen LogP contribution in [-0.4, -0.2) is 17.9 Å². The lowest BCUT2D eigenvalue weighted by atomic mass is 10.1. The van der Waals surface area contributed by atoms with Gasteiger partial charge in [0.2, 0.25) is 5.89 Å². The maximum Gasteiger partial charge on any atom is 0.226 e. The van der Waals surface area contributed by atoms with Gasteiger partial charge in [0.1, 0.15) is 18.6 Å². The molecule has 1 heterocycles. The summed E-state index contributed by atoms with van der Waals surface area (Å²) in [4.78, 5) is 15.8. The van der Waals surface area contributed by atoms with Crippen molar-refractivity contribution in [3.63, 3.8) is 0 Å². The Balaban J connectivity index is 1.73. The zero-order valence-electron chi connectivity index (χ0n) is 13.8. The summed E-state index contributed by atoms with van der Waals surface area (Å²) in [5.74, 6) is 1.46. The Hall–Kier alpha value is -2.79. The normalized spacial score (nSPS) is 10.5. The molecule has 0 unspecified atom stereocenters. The lowest BCUT2D eigenvalue weighted by molar-refractivity contribution is 0.101. The molecule has 0 fully saturated rings. The first-order valence-electron chi connectivity index (χ1n) is 7.59. The highest BCUT2D eigenvalue weighted by Gasteiger charge is 2.11. The molecule has 0 aliphatic carbocycles. The molecular formula is C19H16ClNO4. The lowest BCUT2D eigenvalue weighted by Gasteiger charge is -2.10. The van der Waals surface area contributed by atoms with Gasteiger partial charge in [0.25, 0.3) is 0 Å². The third-order valence-electron chi connectivity index (χ3n) is 3.57. The van der Waals surface area contributed by atoms with Gasteiger partial charge in [0, 0.05) is 16.1 Å². The van der Waals surface area contributed by atoms with Gasteiger partial charge in [-0.3, -0.25) is 4.79 Å². The smallest absolute Gasteiger partial charge is 0.226 e. The van der Waals surface area contributed by atoms with Crippen molar-refractivity contribution in [2.75, 3.05) is 7.11 Å². The van der Waals surface area contributed by atoms with Crippen molar-refractivity contribution in [1.82, 2.24) is 4.98 Å². The van der Waals surface area contributed by atoms with E-state index in [1.807, 2.05) is 12.1 Å². The first kappa shape index (κ1) is 17.0. The molecule has 25 heavy (non-hydrogen) atoms. The van der Waals surface area contributed by atoms with Crippen molar-refractivity contribution in [1.29, 1.82) is 0 Å². The number of aromatic nitrogens is 1. The maximum absolute atomic E-state index is 11.4. The fourth-order valence-electron chi connectivity index (χ4n) is 2.28. The largest absolute Gasteiger partial charge is 0.493 e. The fourth-order valence-corrected chi connectivity index (χ4v) is 2.48. The average molecular weight is 358 g/mol. The Labute approximate surface area is 150 Å². The Morgan fingerprint density at radius 3 is 2.76 bits per heavy atom. The van der Waals surface area contributed by atoms with Gasteiger partial charge in [-0.25, -0.2) is 4.98 Å². The van der Waals surface area contributed by atoms with Gasteiger partial charge in [-0.15, -0.1) is 0 Å². The molecule has 0 saturated carbocycles. The van der Waals surface area contributed by atoms with Gasteiger partial charge < -0.3 is 13.9 Å². The molecule has 0 aliphatic heterocycles. The van der Waals surface area contributed by atoms with E-state index >= 15 is 0 Å². The molecule has 0 spiro atoms. The van der Waals surface area contributed by atoms with Crippen LogP contribution in [0.25, 0.3) is 11.5 Å². The number of carbonyl (C=O) groups excluding carboxylic acids is 1. The van der Waals surface area contributed by atoms with E-state index in [-0.39, 0.29) is 12.4 Å². The number of Topliss-reactive ketones (excluding diaryl/α,β-unsaturated/α-hetero) is 1. The zero-order chi connectivity index (χ0) is 17.8. The molecule has 3 rings (SSSR count). The maximum atomic E-state index is 11.4. The van der Waals surface area contributed by atoms with Crippen LogP contribution in [0.4, 0.5) is 0 Å². The Morgan fingerprint density at radius 2 is 2.04 bits per heavy atom. The molecule has 1 aromatic heterocycles. The van der Waals surface area contributed by atoms with Crippen LogP contribution in [0, 0.1) is 0 Å². The summed E-state index contributed by atoms with van der Waals surface area (Å²) in [6.07, 6.45) is 1.53. The van der Waals surface area contributed by atoms with Crippen LogP contribution in [0.1, 0.15) is 23.0 Å². The molecule has 6 heteroatoms. The van der Waals surface area contributed by atoms with Gasteiger partial charge in [-0.05, 0) is 43.3 Å². The van der Waals surface area contributed by atoms with E-state index < -0.39 is 0 Å². The van der Waals surface area contributed by atoms with E-state index in [9.17, 15) is 4.79 Å². The summed E-state index contributed by atoms with van der Waals surface area (Å²) in [5, 5.41) is 0.615. The van der Waals surface area contributed by atoms with E-state index in [4.69, 9.17) is 25.5 Å². The number of halogens is 1. The summed E-state index contributed by atoms with van der Waals surface area (Å²) in [5.41, 5.74) is 1.99. The van der Waals surface area contributed by atoms with Crippen molar-refractivity contribution in [2.24, 2.45) is 0 Å². The number of carbonyl (C=O) groups is 1. The number of hydrogen-bond acceptors (Lipinski definition) is 5. The Bertz CT molecular complexity index is 904. The minimum Gasteiger partial charge on any atom is -0.493 e. The minimum atomic E-state index is -0.0347. The van der Waals surface area contributed by atoms with Crippen molar-refractivity contribution in [3.8, 4) is 23.0 Å². The van der Waals surface area contributed by atoms with Gasteiger partial charge in [0.15, 0.2) is 17.3 Å². The third-order valence-corrected chi connectivity index (χ3v) is 3.80. The molecule has 2 aromatic carbocycles. The van der Waals surface area contributed by atoms with Gasteiger partial charge in [0.05, 0.1) is 7.11 Å². The van der Waals surface area contributed by atoms with Crippen LogP contribution < -0.4 is 9.47 Å². The second-order valence-corrected chi connectivity index (χ2v) is 5.80. The van der Waals surface area contributed by atoms with E-state index in [1.54, 1.807) is 30.3 Å². The average Bonchev–Trinajstić information content (AvgIpc) is 3.08. The van der Waals surface area contributed by atoms with Crippen LogP contribution in [0.5, 0.6) is 11.5 Å². The predicted octanol–water partition coefficient (Wildman–Crippen LogP) is 4.79. The SMILES string of the molecule is COc1cc(C(C)=O)ccc1OCc1coc(-c2cccc(Cl)c2)n1. The minimum absolute atomic E-state index is 0.0347. The van der Waals surface area contributed by atoms with Crippen LogP contribution in [0.15, 0.2) is 53.1 Å². The number of hydrogen-bond donors (Lipinski definition) is 0. The van der Waals surface area contributed by atoms with E-state index in [0.29, 0.717) is 33.7 Å². The van der Waals surface area contributed by atoms with Crippen molar-refractivity contribution in [2.45, 2.75) is 13.5 Å². The summed E-state index contributed by atoms with van der Waals surface area (Å²) in [7, 11) is 1.53. The highest BCUT2D eigenvalue weighted by atomic mass is 35.5. The standard InChI is InChI=1S/C19H16ClNO4/c1-12(22)13-6-7-17(18(9-13)23-2)24-10-16-11-25-19(21-16)14-4-3-5-15(20)8-14/h3-9,11H,10H2,1-2H3. The number of benzene rings is 2. The molecule has 0 radical (unpaired) electrons. The molecule has 0 amide bonds. The van der Waals surface area contributed by atoms with Crippen LogP contribution >= 0.6 is 11.6 Å². The van der Waals surface area contributed by atoms with E-state index in [2.05, 4.69) is 4.98 Å². The number of rotatable bonds is 6.